The average Bonchev–Trinajstić information content (AvgIpc) is 2.43. The van der Waals surface area contributed by atoms with Crippen LogP contribution in [-0.2, 0) is 4.79 Å². The highest BCUT2D eigenvalue weighted by Crippen LogP contribution is 2.26. The molecular formula is C15H12ClIN2OS. The van der Waals surface area contributed by atoms with E-state index in [0.29, 0.717) is 10.7 Å². The molecule has 0 radical (unpaired) electrons. The van der Waals surface area contributed by atoms with E-state index in [0.717, 1.165) is 9.13 Å². The monoisotopic (exact) mass is 430 g/mol. The Hall–Kier alpha value is -1.18. The van der Waals surface area contributed by atoms with Crippen LogP contribution < -0.4 is 11.1 Å². The van der Waals surface area contributed by atoms with Crippen molar-refractivity contribution in [2.45, 2.75) is 5.92 Å². The molecule has 0 aromatic heterocycles. The van der Waals surface area contributed by atoms with E-state index in [9.17, 15) is 4.79 Å². The molecule has 2 aromatic carbocycles. The van der Waals surface area contributed by atoms with E-state index in [-0.39, 0.29) is 10.9 Å². The first-order valence-electron chi connectivity index (χ1n) is 6.09. The third kappa shape index (κ3) is 4.15. The Morgan fingerprint density at radius 1 is 1.24 bits per heavy atom. The number of carbonyl (C=O) groups is 1. The maximum Gasteiger partial charge on any atom is 0.238 e. The van der Waals surface area contributed by atoms with E-state index >= 15 is 0 Å². The van der Waals surface area contributed by atoms with Crippen molar-refractivity contribution in [3.05, 3.63) is 62.7 Å². The van der Waals surface area contributed by atoms with E-state index in [1.54, 1.807) is 12.1 Å². The number of hydrogen-bond acceptors (Lipinski definition) is 2. The highest BCUT2D eigenvalue weighted by Gasteiger charge is 2.24. The smallest absolute Gasteiger partial charge is 0.238 e. The van der Waals surface area contributed by atoms with Gasteiger partial charge in [0.15, 0.2) is 0 Å². The molecule has 6 heteroatoms. The minimum atomic E-state index is -0.684. The van der Waals surface area contributed by atoms with Crippen molar-refractivity contribution in [1.82, 2.24) is 0 Å². The van der Waals surface area contributed by atoms with Crippen molar-refractivity contribution in [1.29, 1.82) is 0 Å². The molecule has 21 heavy (non-hydrogen) atoms. The minimum Gasteiger partial charge on any atom is -0.392 e. The molecule has 0 saturated heterocycles. The predicted octanol–water partition coefficient (Wildman–Crippen LogP) is 3.95. The first-order chi connectivity index (χ1) is 9.99. The molecule has 0 bridgehead atoms. The van der Waals surface area contributed by atoms with Crippen LogP contribution in [-0.4, -0.2) is 10.9 Å². The largest absolute Gasteiger partial charge is 0.392 e. The van der Waals surface area contributed by atoms with Gasteiger partial charge in [-0.3, -0.25) is 4.79 Å². The molecule has 1 amide bonds. The van der Waals surface area contributed by atoms with Crippen LogP contribution in [0.15, 0.2) is 48.5 Å². The number of hydrogen-bond donors (Lipinski definition) is 2. The highest BCUT2D eigenvalue weighted by atomic mass is 127. The lowest BCUT2D eigenvalue weighted by atomic mass is 9.98. The lowest BCUT2D eigenvalue weighted by Crippen LogP contribution is -2.31. The fourth-order valence-electron chi connectivity index (χ4n) is 1.89. The van der Waals surface area contributed by atoms with Gasteiger partial charge in [-0.1, -0.05) is 54.2 Å². The van der Waals surface area contributed by atoms with Crippen molar-refractivity contribution >= 4 is 63.0 Å². The van der Waals surface area contributed by atoms with Crippen LogP contribution in [0.4, 0.5) is 5.69 Å². The lowest BCUT2D eigenvalue weighted by Gasteiger charge is -2.16. The van der Waals surface area contributed by atoms with Crippen molar-refractivity contribution < 1.29 is 4.79 Å². The summed E-state index contributed by atoms with van der Waals surface area (Å²) in [6, 6.07) is 14.6. The highest BCUT2D eigenvalue weighted by molar-refractivity contribution is 14.1. The van der Waals surface area contributed by atoms with Crippen molar-refractivity contribution in [3.8, 4) is 0 Å². The molecule has 0 saturated carbocycles. The summed E-state index contributed by atoms with van der Waals surface area (Å²) in [5, 5.41) is 3.25. The second-order valence-electron chi connectivity index (χ2n) is 4.36. The number of halogens is 2. The fourth-order valence-corrected chi connectivity index (χ4v) is 3.03. The van der Waals surface area contributed by atoms with E-state index in [1.165, 1.54) is 0 Å². The van der Waals surface area contributed by atoms with Gasteiger partial charge < -0.3 is 11.1 Å². The molecule has 1 atom stereocenters. The van der Waals surface area contributed by atoms with Gasteiger partial charge in [-0.15, -0.1) is 0 Å². The molecule has 3 N–H and O–H groups in total. The van der Waals surface area contributed by atoms with Crippen LogP contribution in [0.3, 0.4) is 0 Å². The van der Waals surface area contributed by atoms with Gasteiger partial charge in [0.2, 0.25) is 5.91 Å². The molecule has 2 rings (SSSR count). The Bertz CT molecular complexity index is 679. The Balaban J connectivity index is 2.26. The summed E-state index contributed by atoms with van der Waals surface area (Å²) in [6.45, 7) is 0. The first-order valence-corrected chi connectivity index (χ1v) is 7.95. The Kier molecular flexibility index (Phi) is 5.55. The predicted molar refractivity (Wildman–Crippen MR) is 98.8 cm³/mol. The molecule has 3 nitrogen and oxygen atoms in total. The van der Waals surface area contributed by atoms with E-state index in [4.69, 9.17) is 29.6 Å². The van der Waals surface area contributed by atoms with Crippen LogP contribution in [0.1, 0.15) is 11.5 Å². The summed E-state index contributed by atoms with van der Waals surface area (Å²) in [7, 11) is 0. The summed E-state index contributed by atoms with van der Waals surface area (Å²) in [4.78, 5) is 12.6. The Morgan fingerprint density at radius 2 is 1.90 bits per heavy atom. The number of nitrogens with one attached hydrogen (secondary N) is 1. The number of thiocarbonyl (C=S) groups is 1. The molecule has 1 unspecified atom stereocenters. The van der Waals surface area contributed by atoms with Crippen LogP contribution in [0, 0.1) is 3.57 Å². The van der Waals surface area contributed by atoms with Crippen LogP contribution in [0.5, 0.6) is 0 Å². The number of benzene rings is 2. The summed E-state index contributed by atoms with van der Waals surface area (Å²) >= 11 is 13.3. The third-order valence-corrected chi connectivity index (χ3v) is 4.09. The molecule has 0 heterocycles. The van der Waals surface area contributed by atoms with E-state index < -0.39 is 5.92 Å². The standard InChI is InChI=1S/C15H12ClIN2OS/c16-11-8-10(17)6-7-12(11)19-15(20)13(14(18)21)9-4-2-1-3-5-9/h1-8,13H,(H2,18,21)(H,19,20). The zero-order valence-electron chi connectivity index (χ0n) is 10.8. The van der Waals surface area contributed by atoms with Crippen molar-refractivity contribution in [2.24, 2.45) is 5.73 Å². The fraction of sp³-hybridized carbons (Fsp3) is 0.0667. The van der Waals surface area contributed by atoms with Gasteiger partial charge in [0, 0.05) is 3.57 Å². The zero-order valence-corrected chi connectivity index (χ0v) is 14.6. The molecule has 0 aliphatic rings. The topological polar surface area (TPSA) is 55.1 Å². The second kappa shape index (κ2) is 7.20. The summed E-state index contributed by atoms with van der Waals surface area (Å²) < 4.78 is 0.990. The van der Waals surface area contributed by atoms with Gasteiger partial charge in [0.05, 0.1) is 15.7 Å². The zero-order chi connectivity index (χ0) is 15.4. The summed E-state index contributed by atoms with van der Waals surface area (Å²) in [5.74, 6) is -0.978. The molecule has 0 aliphatic carbocycles. The van der Waals surface area contributed by atoms with Crippen molar-refractivity contribution in [3.63, 3.8) is 0 Å². The normalized spacial score (nSPS) is 11.7. The minimum absolute atomic E-state index is 0.125. The van der Waals surface area contributed by atoms with E-state index in [1.807, 2.05) is 36.4 Å². The first kappa shape index (κ1) is 16.2. The number of carbonyl (C=O) groups excluding carboxylic acids is 1. The number of rotatable bonds is 4. The van der Waals surface area contributed by atoms with Crippen LogP contribution >= 0.6 is 46.4 Å². The number of amides is 1. The van der Waals surface area contributed by atoms with Gasteiger partial charge in [0.25, 0.3) is 0 Å². The Labute approximate surface area is 147 Å². The van der Waals surface area contributed by atoms with Crippen LogP contribution in [0.2, 0.25) is 5.02 Å². The number of anilines is 1. The van der Waals surface area contributed by atoms with Crippen molar-refractivity contribution in [2.75, 3.05) is 5.32 Å². The van der Waals surface area contributed by atoms with Gasteiger partial charge in [-0.25, -0.2) is 0 Å². The molecular weight excluding hydrogens is 419 g/mol. The molecule has 0 spiro atoms. The lowest BCUT2D eigenvalue weighted by molar-refractivity contribution is -0.116. The quantitative estimate of drug-likeness (QED) is 0.570. The molecule has 2 aromatic rings. The van der Waals surface area contributed by atoms with Gasteiger partial charge in [0.1, 0.15) is 5.92 Å². The molecule has 0 fully saturated rings. The molecule has 108 valence electrons. The summed E-state index contributed by atoms with van der Waals surface area (Å²) in [5.41, 5.74) is 7.02. The van der Waals surface area contributed by atoms with E-state index in [2.05, 4.69) is 27.9 Å². The molecule has 0 aliphatic heterocycles. The maximum atomic E-state index is 12.5. The number of nitrogens with two attached hydrogens (primary N) is 1. The van der Waals surface area contributed by atoms with Gasteiger partial charge >= 0.3 is 0 Å². The average molecular weight is 431 g/mol. The summed E-state index contributed by atoms with van der Waals surface area (Å²) in [6.07, 6.45) is 0. The van der Waals surface area contributed by atoms with Crippen LogP contribution in [0.25, 0.3) is 0 Å². The Morgan fingerprint density at radius 3 is 2.48 bits per heavy atom. The maximum absolute atomic E-state index is 12.5. The van der Waals surface area contributed by atoms with Gasteiger partial charge in [-0.2, -0.15) is 0 Å². The SMILES string of the molecule is NC(=S)C(C(=O)Nc1ccc(I)cc1Cl)c1ccccc1. The van der Waals surface area contributed by atoms with Gasteiger partial charge in [-0.05, 0) is 46.4 Å². The second-order valence-corrected chi connectivity index (χ2v) is 6.48. The third-order valence-electron chi connectivity index (χ3n) is 2.87.